The molecule has 1 aromatic carbocycles. The lowest BCUT2D eigenvalue weighted by Crippen LogP contribution is -2.40. The van der Waals surface area contributed by atoms with E-state index in [9.17, 15) is 14.7 Å². The second-order valence-corrected chi connectivity index (χ2v) is 6.28. The van der Waals surface area contributed by atoms with Gasteiger partial charge in [0.2, 0.25) is 5.91 Å². The van der Waals surface area contributed by atoms with Gasteiger partial charge in [-0.1, -0.05) is 32.9 Å². The third-order valence-corrected chi connectivity index (χ3v) is 3.26. The predicted molar refractivity (Wildman–Crippen MR) is 84.9 cm³/mol. The SMILES string of the molecule is CCOc1ccc(CC(CNC(=O)C(C)(C)C)C(=O)O)cc1. The number of carboxylic acid groups (broad SMARTS) is 1. The summed E-state index contributed by atoms with van der Waals surface area (Å²) in [4.78, 5) is 23.2. The Labute approximate surface area is 131 Å². The molecule has 5 heteroatoms. The summed E-state index contributed by atoms with van der Waals surface area (Å²) in [6, 6.07) is 7.36. The Morgan fingerprint density at radius 3 is 2.27 bits per heavy atom. The van der Waals surface area contributed by atoms with Gasteiger partial charge >= 0.3 is 5.97 Å². The lowest BCUT2D eigenvalue weighted by atomic mass is 9.94. The lowest BCUT2D eigenvalue weighted by molar-refractivity contribution is -0.141. The van der Waals surface area contributed by atoms with Gasteiger partial charge in [0.1, 0.15) is 5.75 Å². The third kappa shape index (κ3) is 5.76. The Bertz CT molecular complexity index is 502. The van der Waals surface area contributed by atoms with E-state index in [1.165, 1.54) is 0 Å². The molecule has 0 aromatic heterocycles. The van der Waals surface area contributed by atoms with Crippen LogP contribution in [0.2, 0.25) is 0 Å². The molecule has 22 heavy (non-hydrogen) atoms. The van der Waals surface area contributed by atoms with Crippen LogP contribution in [0.15, 0.2) is 24.3 Å². The molecule has 0 bridgehead atoms. The third-order valence-electron chi connectivity index (χ3n) is 3.26. The quantitative estimate of drug-likeness (QED) is 0.811. The molecule has 0 heterocycles. The van der Waals surface area contributed by atoms with E-state index in [1.807, 2.05) is 31.2 Å². The highest BCUT2D eigenvalue weighted by atomic mass is 16.5. The number of hydrogen-bond acceptors (Lipinski definition) is 3. The van der Waals surface area contributed by atoms with Gasteiger partial charge in [0.05, 0.1) is 12.5 Å². The number of carbonyl (C=O) groups excluding carboxylic acids is 1. The second kappa shape index (κ2) is 7.82. The van der Waals surface area contributed by atoms with E-state index in [0.717, 1.165) is 11.3 Å². The van der Waals surface area contributed by atoms with Crippen LogP contribution in [0.5, 0.6) is 5.75 Å². The summed E-state index contributed by atoms with van der Waals surface area (Å²) in [5, 5.41) is 12.0. The maximum atomic E-state index is 11.8. The van der Waals surface area contributed by atoms with Gasteiger partial charge in [-0.15, -0.1) is 0 Å². The van der Waals surface area contributed by atoms with Gasteiger partial charge in [-0.2, -0.15) is 0 Å². The zero-order valence-electron chi connectivity index (χ0n) is 13.7. The van der Waals surface area contributed by atoms with Crippen molar-refractivity contribution in [3.05, 3.63) is 29.8 Å². The van der Waals surface area contributed by atoms with E-state index >= 15 is 0 Å². The van der Waals surface area contributed by atoms with Crippen molar-refractivity contribution in [2.45, 2.75) is 34.1 Å². The highest BCUT2D eigenvalue weighted by molar-refractivity contribution is 5.82. The molecule has 1 rings (SSSR count). The molecule has 0 aliphatic heterocycles. The molecule has 122 valence electrons. The van der Waals surface area contributed by atoms with E-state index in [1.54, 1.807) is 20.8 Å². The van der Waals surface area contributed by atoms with Gasteiger partial charge in [0.25, 0.3) is 0 Å². The minimum absolute atomic E-state index is 0.124. The van der Waals surface area contributed by atoms with Crippen LogP contribution in [0.3, 0.4) is 0 Å². The topological polar surface area (TPSA) is 75.6 Å². The molecule has 0 spiro atoms. The smallest absolute Gasteiger partial charge is 0.308 e. The van der Waals surface area contributed by atoms with Crippen LogP contribution in [0.4, 0.5) is 0 Å². The summed E-state index contributed by atoms with van der Waals surface area (Å²) < 4.78 is 5.36. The molecule has 5 nitrogen and oxygen atoms in total. The molecular formula is C17H25NO4. The van der Waals surface area contributed by atoms with Gasteiger partial charge in [-0.05, 0) is 31.0 Å². The number of hydrogen-bond donors (Lipinski definition) is 2. The van der Waals surface area contributed by atoms with E-state index in [0.29, 0.717) is 13.0 Å². The van der Waals surface area contributed by atoms with Crippen LogP contribution in [0, 0.1) is 11.3 Å². The molecule has 0 saturated carbocycles. The van der Waals surface area contributed by atoms with Crippen LogP contribution < -0.4 is 10.1 Å². The average Bonchev–Trinajstić information content (AvgIpc) is 2.43. The molecule has 1 aromatic rings. The molecule has 0 aliphatic carbocycles. The Morgan fingerprint density at radius 2 is 1.82 bits per heavy atom. The molecule has 0 aliphatic rings. The summed E-state index contributed by atoms with van der Waals surface area (Å²) in [6.07, 6.45) is 0.367. The van der Waals surface area contributed by atoms with Crippen LogP contribution in [-0.4, -0.2) is 30.1 Å². The molecular weight excluding hydrogens is 282 g/mol. The van der Waals surface area contributed by atoms with Crippen molar-refractivity contribution in [1.82, 2.24) is 5.32 Å². The van der Waals surface area contributed by atoms with Gasteiger partial charge in [-0.3, -0.25) is 9.59 Å². The van der Waals surface area contributed by atoms with Crippen LogP contribution in [-0.2, 0) is 16.0 Å². The fraction of sp³-hybridized carbons (Fsp3) is 0.529. The molecule has 2 N–H and O–H groups in total. The van der Waals surface area contributed by atoms with E-state index in [-0.39, 0.29) is 12.5 Å². The highest BCUT2D eigenvalue weighted by Gasteiger charge is 2.24. The largest absolute Gasteiger partial charge is 0.494 e. The fourth-order valence-corrected chi connectivity index (χ4v) is 1.90. The molecule has 1 atom stereocenters. The summed E-state index contributed by atoms with van der Waals surface area (Å²) in [7, 11) is 0. The number of benzene rings is 1. The van der Waals surface area contributed by atoms with Gasteiger partial charge in [-0.25, -0.2) is 0 Å². The molecule has 0 fully saturated rings. The minimum Gasteiger partial charge on any atom is -0.494 e. The standard InChI is InChI=1S/C17H25NO4/c1-5-22-14-8-6-12(7-9-14)10-13(15(19)20)11-18-16(21)17(2,3)4/h6-9,13H,5,10-11H2,1-4H3,(H,18,21)(H,19,20). The number of rotatable bonds is 7. The Morgan fingerprint density at radius 1 is 1.23 bits per heavy atom. The van der Waals surface area contributed by atoms with Crippen molar-refractivity contribution < 1.29 is 19.4 Å². The van der Waals surface area contributed by atoms with Crippen LogP contribution >= 0.6 is 0 Å². The normalized spacial score (nSPS) is 12.5. The zero-order chi connectivity index (χ0) is 16.8. The maximum Gasteiger partial charge on any atom is 0.308 e. The van der Waals surface area contributed by atoms with E-state index in [2.05, 4.69) is 5.32 Å². The first-order valence-corrected chi connectivity index (χ1v) is 7.47. The number of nitrogens with one attached hydrogen (secondary N) is 1. The minimum atomic E-state index is -0.914. The van der Waals surface area contributed by atoms with Gasteiger partial charge in [0.15, 0.2) is 0 Å². The van der Waals surface area contributed by atoms with Gasteiger partial charge < -0.3 is 15.2 Å². The van der Waals surface area contributed by atoms with Crippen LogP contribution in [0.25, 0.3) is 0 Å². The summed E-state index contributed by atoms with van der Waals surface area (Å²) in [5.74, 6) is -0.947. The van der Waals surface area contributed by atoms with Crippen molar-refractivity contribution in [3.8, 4) is 5.75 Å². The van der Waals surface area contributed by atoms with E-state index < -0.39 is 17.3 Å². The Hall–Kier alpha value is -2.04. The lowest BCUT2D eigenvalue weighted by Gasteiger charge is -2.20. The molecule has 1 unspecified atom stereocenters. The monoisotopic (exact) mass is 307 g/mol. The Kier molecular flexibility index (Phi) is 6.40. The van der Waals surface area contributed by atoms with Crippen molar-refractivity contribution >= 4 is 11.9 Å². The highest BCUT2D eigenvalue weighted by Crippen LogP contribution is 2.16. The number of ether oxygens (including phenoxy) is 1. The second-order valence-electron chi connectivity index (χ2n) is 6.28. The van der Waals surface area contributed by atoms with Crippen molar-refractivity contribution in [2.24, 2.45) is 11.3 Å². The van der Waals surface area contributed by atoms with Crippen molar-refractivity contribution in [2.75, 3.05) is 13.2 Å². The fourth-order valence-electron chi connectivity index (χ4n) is 1.90. The summed E-state index contributed by atoms with van der Waals surface area (Å²) in [6.45, 7) is 8.01. The predicted octanol–water partition coefficient (Wildman–Crippen LogP) is 2.49. The average molecular weight is 307 g/mol. The first-order valence-electron chi connectivity index (χ1n) is 7.47. The molecule has 0 saturated heterocycles. The van der Waals surface area contributed by atoms with Crippen LogP contribution in [0.1, 0.15) is 33.3 Å². The van der Waals surface area contributed by atoms with E-state index in [4.69, 9.17) is 4.74 Å². The Balaban J connectivity index is 2.64. The maximum absolute atomic E-state index is 11.8. The van der Waals surface area contributed by atoms with Gasteiger partial charge in [0, 0.05) is 12.0 Å². The number of carboxylic acids is 1. The first kappa shape index (κ1) is 18.0. The summed E-state index contributed by atoms with van der Waals surface area (Å²) in [5.41, 5.74) is 0.378. The number of carbonyl (C=O) groups is 2. The molecule has 0 radical (unpaired) electrons. The van der Waals surface area contributed by atoms with Crippen molar-refractivity contribution in [1.29, 1.82) is 0 Å². The number of amides is 1. The first-order chi connectivity index (χ1) is 10.2. The number of aliphatic carboxylic acids is 1. The molecule has 1 amide bonds. The van der Waals surface area contributed by atoms with Crippen molar-refractivity contribution in [3.63, 3.8) is 0 Å². The summed E-state index contributed by atoms with van der Waals surface area (Å²) >= 11 is 0. The zero-order valence-corrected chi connectivity index (χ0v) is 13.7.